The van der Waals surface area contributed by atoms with Gasteiger partial charge in [-0.2, -0.15) is 0 Å². The molecule has 2 amide bonds. The number of nitrogens with zero attached hydrogens (tertiary/aromatic N) is 2. The van der Waals surface area contributed by atoms with Gasteiger partial charge in [-0.25, -0.2) is 26.7 Å². The molecule has 3 rings (SSSR count). The standard InChI is InChI=1S/C21H26F2N4O6S/c1-4-33-21(30)27-8-13(11-28)16(9-27)25-34(31,32)17-10-26(3)19(18(17)23)20(29)24-14-5-6-15(22)12(2)7-14/h5-7,10,13,16,25,28H,4,8-9,11H2,1-3H3,(H,24,29). The third-order valence-electron chi connectivity index (χ3n) is 5.52. The fourth-order valence-electron chi connectivity index (χ4n) is 3.75. The predicted octanol–water partition coefficient (Wildman–Crippen LogP) is 1.59. The van der Waals surface area contributed by atoms with Gasteiger partial charge < -0.3 is 24.6 Å². The molecule has 0 saturated carbocycles. The zero-order chi connectivity index (χ0) is 25.2. The second-order valence-electron chi connectivity index (χ2n) is 7.96. The van der Waals surface area contributed by atoms with Gasteiger partial charge >= 0.3 is 6.09 Å². The van der Waals surface area contributed by atoms with Crippen LogP contribution in [0, 0.1) is 24.5 Å². The number of carbonyl (C=O) groups excluding carboxylic acids is 2. The Morgan fingerprint density at radius 1 is 1.26 bits per heavy atom. The number of halogens is 2. The molecule has 1 aromatic carbocycles. The van der Waals surface area contributed by atoms with Crippen molar-refractivity contribution in [2.75, 3.05) is 31.6 Å². The summed E-state index contributed by atoms with van der Waals surface area (Å²) >= 11 is 0. The summed E-state index contributed by atoms with van der Waals surface area (Å²) in [5, 5.41) is 12.0. The van der Waals surface area contributed by atoms with E-state index in [0.29, 0.717) is 0 Å². The Labute approximate surface area is 195 Å². The van der Waals surface area contributed by atoms with Crippen LogP contribution in [-0.4, -0.2) is 67.3 Å². The highest BCUT2D eigenvalue weighted by atomic mass is 32.2. The number of hydrogen-bond donors (Lipinski definition) is 3. The molecule has 1 aliphatic heterocycles. The zero-order valence-electron chi connectivity index (χ0n) is 18.8. The van der Waals surface area contributed by atoms with Crippen molar-refractivity contribution in [3.8, 4) is 0 Å². The summed E-state index contributed by atoms with van der Waals surface area (Å²) in [7, 11) is -3.16. The lowest BCUT2D eigenvalue weighted by molar-refractivity contribution is 0.101. The summed E-state index contributed by atoms with van der Waals surface area (Å²) in [6.45, 7) is 2.83. The Balaban J connectivity index is 1.81. The SMILES string of the molecule is CCOC(=O)N1CC(CO)C(NS(=O)(=O)c2cn(C)c(C(=O)Nc3ccc(F)c(C)c3)c2F)C1. The van der Waals surface area contributed by atoms with Gasteiger partial charge in [-0.3, -0.25) is 4.79 Å². The molecule has 13 heteroatoms. The lowest BCUT2D eigenvalue weighted by Gasteiger charge is -2.17. The molecule has 2 unspecified atom stereocenters. The molecule has 2 atom stereocenters. The van der Waals surface area contributed by atoms with Crippen molar-refractivity contribution in [1.82, 2.24) is 14.2 Å². The van der Waals surface area contributed by atoms with E-state index in [1.54, 1.807) is 6.92 Å². The number of carbonyl (C=O) groups is 2. The molecule has 186 valence electrons. The third kappa shape index (κ3) is 5.21. The van der Waals surface area contributed by atoms with Crippen LogP contribution >= 0.6 is 0 Å². The first-order valence-corrected chi connectivity index (χ1v) is 11.9. The van der Waals surface area contributed by atoms with E-state index in [4.69, 9.17) is 4.74 Å². The van der Waals surface area contributed by atoms with Gasteiger partial charge in [0.15, 0.2) is 5.82 Å². The summed E-state index contributed by atoms with van der Waals surface area (Å²) in [4.78, 5) is 25.1. The molecular formula is C21H26F2N4O6S. The Kier molecular flexibility index (Phi) is 7.58. The van der Waals surface area contributed by atoms with Crippen LogP contribution in [-0.2, 0) is 21.8 Å². The summed E-state index contributed by atoms with van der Waals surface area (Å²) < 4.78 is 62.8. The maximum atomic E-state index is 15.1. The van der Waals surface area contributed by atoms with E-state index >= 15 is 4.39 Å². The first kappa shape index (κ1) is 25.6. The number of anilines is 1. The summed E-state index contributed by atoms with van der Waals surface area (Å²) in [6.07, 6.45) is 0.303. The molecule has 0 aliphatic carbocycles. The van der Waals surface area contributed by atoms with Gasteiger partial charge in [-0.05, 0) is 37.6 Å². The topological polar surface area (TPSA) is 130 Å². The average molecular weight is 501 g/mol. The molecule has 3 N–H and O–H groups in total. The van der Waals surface area contributed by atoms with E-state index in [2.05, 4.69) is 10.0 Å². The number of hydrogen-bond acceptors (Lipinski definition) is 6. The predicted molar refractivity (Wildman–Crippen MR) is 118 cm³/mol. The van der Waals surface area contributed by atoms with E-state index in [1.807, 2.05) is 0 Å². The first-order valence-electron chi connectivity index (χ1n) is 10.5. The van der Waals surface area contributed by atoms with Crippen LogP contribution < -0.4 is 10.0 Å². The third-order valence-corrected chi connectivity index (χ3v) is 6.99. The van der Waals surface area contributed by atoms with Crippen LogP contribution in [0.1, 0.15) is 23.0 Å². The molecule has 10 nitrogen and oxygen atoms in total. The van der Waals surface area contributed by atoms with Gasteiger partial charge in [0.25, 0.3) is 5.91 Å². The fourth-order valence-corrected chi connectivity index (χ4v) is 5.17. The minimum absolute atomic E-state index is 0.0601. The maximum absolute atomic E-state index is 15.1. The molecule has 2 heterocycles. The quantitative estimate of drug-likeness (QED) is 0.530. The number of aryl methyl sites for hydroxylation is 2. The van der Waals surface area contributed by atoms with Gasteiger partial charge in [-0.1, -0.05) is 0 Å². The highest BCUT2D eigenvalue weighted by Crippen LogP contribution is 2.25. The number of aliphatic hydroxyl groups is 1. The lowest BCUT2D eigenvalue weighted by Crippen LogP contribution is -2.42. The van der Waals surface area contributed by atoms with Crippen molar-refractivity contribution in [3.63, 3.8) is 0 Å². The van der Waals surface area contributed by atoms with Crippen LogP contribution in [0.3, 0.4) is 0 Å². The van der Waals surface area contributed by atoms with Gasteiger partial charge in [-0.15, -0.1) is 0 Å². The van der Waals surface area contributed by atoms with E-state index in [1.165, 1.54) is 31.0 Å². The number of amides is 2. The van der Waals surface area contributed by atoms with Crippen molar-refractivity contribution in [3.05, 3.63) is 47.3 Å². The second-order valence-corrected chi connectivity index (χ2v) is 9.64. The highest BCUT2D eigenvalue weighted by Gasteiger charge is 2.39. The summed E-state index contributed by atoms with van der Waals surface area (Å²) in [5.41, 5.74) is -0.0621. The van der Waals surface area contributed by atoms with E-state index in [-0.39, 0.29) is 30.9 Å². The van der Waals surface area contributed by atoms with Gasteiger partial charge in [0.2, 0.25) is 10.0 Å². The molecule has 1 fully saturated rings. The molecule has 0 spiro atoms. The number of nitrogens with one attached hydrogen (secondary N) is 2. The minimum Gasteiger partial charge on any atom is -0.450 e. The van der Waals surface area contributed by atoms with Crippen molar-refractivity contribution in [2.45, 2.75) is 24.8 Å². The largest absolute Gasteiger partial charge is 0.450 e. The smallest absolute Gasteiger partial charge is 0.409 e. The zero-order valence-corrected chi connectivity index (χ0v) is 19.7. The molecule has 1 aliphatic rings. The van der Waals surface area contributed by atoms with Gasteiger partial charge in [0, 0.05) is 50.6 Å². The molecule has 2 aromatic rings. The average Bonchev–Trinajstić information content (AvgIpc) is 3.30. The first-order chi connectivity index (χ1) is 16.0. The number of benzene rings is 1. The Morgan fingerprint density at radius 2 is 1.97 bits per heavy atom. The number of rotatable bonds is 7. The Bertz CT molecular complexity index is 1200. The minimum atomic E-state index is -4.46. The van der Waals surface area contributed by atoms with Crippen LogP contribution in [0.5, 0.6) is 0 Å². The number of aromatic nitrogens is 1. The molecule has 0 radical (unpaired) electrons. The molecule has 1 saturated heterocycles. The number of aliphatic hydroxyl groups excluding tert-OH is 1. The van der Waals surface area contributed by atoms with Crippen molar-refractivity contribution in [2.24, 2.45) is 13.0 Å². The number of sulfonamides is 1. The van der Waals surface area contributed by atoms with E-state index in [9.17, 15) is 27.5 Å². The Hall–Kier alpha value is -3.03. The van der Waals surface area contributed by atoms with Crippen LogP contribution in [0.2, 0.25) is 0 Å². The van der Waals surface area contributed by atoms with Crippen molar-refractivity contribution in [1.29, 1.82) is 0 Å². The van der Waals surface area contributed by atoms with E-state index < -0.39 is 62.8 Å². The second kappa shape index (κ2) is 10.1. The molecule has 0 bridgehead atoms. The van der Waals surface area contributed by atoms with E-state index in [0.717, 1.165) is 16.8 Å². The van der Waals surface area contributed by atoms with Crippen LogP contribution in [0.25, 0.3) is 0 Å². The molecule has 1 aromatic heterocycles. The summed E-state index contributed by atoms with van der Waals surface area (Å²) in [6, 6.07) is 2.91. The normalized spacial score (nSPS) is 18.2. The number of ether oxygens (including phenoxy) is 1. The molecule has 34 heavy (non-hydrogen) atoms. The highest BCUT2D eigenvalue weighted by molar-refractivity contribution is 7.89. The maximum Gasteiger partial charge on any atom is 0.409 e. The monoisotopic (exact) mass is 500 g/mol. The lowest BCUT2D eigenvalue weighted by atomic mass is 10.1. The van der Waals surface area contributed by atoms with Gasteiger partial charge in [0.05, 0.1) is 6.61 Å². The van der Waals surface area contributed by atoms with Gasteiger partial charge in [0.1, 0.15) is 16.4 Å². The Morgan fingerprint density at radius 3 is 2.59 bits per heavy atom. The molecular weight excluding hydrogens is 474 g/mol. The summed E-state index contributed by atoms with van der Waals surface area (Å²) in [5.74, 6) is -3.30. The van der Waals surface area contributed by atoms with Crippen LogP contribution in [0.15, 0.2) is 29.3 Å². The van der Waals surface area contributed by atoms with Crippen molar-refractivity contribution >= 4 is 27.7 Å². The van der Waals surface area contributed by atoms with Crippen LogP contribution in [0.4, 0.5) is 19.3 Å². The number of likely N-dealkylation sites (tertiary alicyclic amines) is 1. The fraction of sp³-hybridized carbons (Fsp3) is 0.429. The van der Waals surface area contributed by atoms with Crippen molar-refractivity contribution < 1.29 is 36.6 Å².